The minimum atomic E-state index is -1.06. The molecule has 26 heavy (non-hydrogen) atoms. The predicted molar refractivity (Wildman–Crippen MR) is 98.8 cm³/mol. The first-order valence-electron chi connectivity index (χ1n) is 8.31. The van der Waals surface area contributed by atoms with Crippen LogP contribution in [0.3, 0.4) is 0 Å². The summed E-state index contributed by atoms with van der Waals surface area (Å²) >= 11 is 1.25. The summed E-state index contributed by atoms with van der Waals surface area (Å²) < 4.78 is 0. The predicted octanol–water partition coefficient (Wildman–Crippen LogP) is 2.30. The third kappa shape index (κ3) is 4.89. The maximum Gasteiger partial charge on any atom is 0.355 e. The van der Waals surface area contributed by atoms with Gasteiger partial charge < -0.3 is 15.3 Å². The molecule has 8 heteroatoms. The van der Waals surface area contributed by atoms with E-state index in [0.29, 0.717) is 42.2 Å². The molecule has 0 fully saturated rings. The van der Waals surface area contributed by atoms with E-state index in [1.165, 1.54) is 16.7 Å². The molecule has 7 nitrogen and oxygen atoms in total. The number of nitrogens with zero attached hydrogens (tertiary/aromatic N) is 2. The Morgan fingerprint density at radius 1 is 1.12 bits per heavy atom. The van der Waals surface area contributed by atoms with E-state index < -0.39 is 5.97 Å². The highest BCUT2D eigenvalue weighted by molar-refractivity contribution is 7.09. The number of carbonyl (C=O) groups excluding carboxylic acids is 2. The first kappa shape index (κ1) is 19.6. The number of carbonyl (C=O) groups is 3. The molecule has 2 N–H and O–H groups in total. The van der Waals surface area contributed by atoms with E-state index in [-0.39, 0.29) is 17.5 Å². The second-order valence-corrected chi connectivity index (χ2v) is 6.43. The van der Waals surface area contributed by atoms with Gasteiger partial charge in [-0.15, -0.1) is 11.3 Å². The van der Waals surface area contributed by atoms with Gasteiger partial charge in [0.25, 0.3) is 11.8 Å². The van der Waals surface area contributed by atoms with Crippen LogP contribution in [0, 0.1) is 0 Å². The van der Waals surface area contributed by atoms with Crippen molar-refractivity contribution in [2.75, 3.05) is 19.6 Å². The van der Waals surface area contributed by atoms with Gasteiger partial charge in [0.05, 0.1) is 5.01 Å². The molecule has 1 heterocycles. The van der Waals surface area contributed by atoms with Crippen molar-refractivity contribution in [2.45, 2.75) is 20.3 Å². The quantitative estimate of drug-likeness (QED) is 0.737. The van der Waals surface area contributed by atoms with Crippen molar-refractivity contribution in [3.05, 3.63) is 51.5 Å². The number of aromatic nitrogens is 1. The molecule has 0 aliphatic rings. The number of thiazole rings is 1. The van der Waals surface area contributed by atoms with Crippen molar-refractivity contribution < 1.29 is 19.5 Å². The monoisotopic (exact) mass is 375 g/mol. The summed E-state index contributed by atoms with van der Waals surface area (Å²) in [5, 5.41) is 13.7. The molecular formula is C18H21N3O4S. The first-order valence-corrected chi connectivity index (χ1v) is 9.19. The summed E-state index contributed by atoms with van der Waals surface area (Å²) in [6, 6.07) is 6.54. The molecule has 0 saturated carbocycles. The van der Waals surface area contributed by atoms with Crippen molar-refractivity contribution in [1.29, 1.82) is 0 Å². The Morgan fingerprint density at radius 2 is 1.73 bits per heavy atom. The Bertz CT molecular complexity index is 782. The van der Waals surface area contributed by atoms with E-state index in [1.807, 2.05) is 13.8 Å². The zero-order valence-electron chi connectivity index (χ0n) is 14.7. The van der Waals surface area contributed by atoms with Crippen molar-refractivity contribution in [2.24, 2.45) is 0 Å². The van der Waals surface area contributed by atoms with Crippen LogP contribution in [0.1, 0.15) is 50.1 Å². The van der Waals surface area contributed by atoms with Gasteiger partial charge in [-0.25, -0.2) is 9.78 Å². The lowest BCUT2D eigenvalue weighted by molar-refractivity contribution is 0.0690. The molecule has 0 radical (unpaired) electrons. The molecule has 0 aliphatic heterocycles. The lowest BCUT2D eigenvalue weighted by Crippen LogP contribution is -2.30. The zero-order chi connectivity index (χ0) is 19.1. The number of aromatic carboxylic acids is 1. The number of amides is 2. The second kappa shape index (κ2) is 9.10. The number of hydrogen-bond donors (Lipinski definition) is 2. The molecule has 2 aromatic rings. The molecule has 0 aliphatic carbocycles. The van der Waals surface area contributed by atoms with Gasteiger partial charge in [0, 0.05) is 42.6 Å². The van der Waals surface area contributed by atoms with Crippen LogP contribution in [0.25, 0.3) is 0 Å². The van der Waals surface area contributed by atoms with Gasteiger partial charge in [-0.1, -0.05) is 0 Å². The third-order valence-corrected chi connectivity index (χ3v) is 4.75. The highest BCUT2D eigenvalue weighted by atomic mass is 32.1. The van der Waals surface area contributed by atoms with Gasteiger partial charge in [-0.05, 0) is 38.1 Å². The number of hydrogen-bond acceptors (Lipinski definition) is 5. The van der Waals surface area contributed by atoms with Crippen molar-refractivity contribution in [1.82, 2.24) is 15.2 Å². The number of carboxylic acids is 1. The van der Waals surface area contributed by atoms with Crippen LogP contribution < -0.4 is 5.32 Å². The molecule has 0 atom stereocenters. The summed E-state index contributed by atoms with van der Waals surface area (Å²) in [5.74, 6) is -1.36. The molecule has 1 aromatic heterocycles. The lowest BCUT2D eigenvalue weighted by atomic mass is 10.1. The third-order valence-electron chi connectivity index (χ3n) is 3.84. The van der Waals surface area contributed by atoms with E-state index in [4.69, 9.17) is 5.11 Å². The standard InChI is InChI=1S/C18H21N3O4S/c1-3-21(4-2)17(23)13-7-5-12(6-8-13)16(22)19-10-9-15-20-14(11-26-15)18(24)25/h5-8,11H,3-4,9-10H2,1-2H3,(H,19,22)(H,24,25). The van der Waals surface area contributed by atoms with Crippen molar-refractivity contribution in [3.63, 3.8) is 0 Å². The number of rotatable bonds is 8. The summed E-state index contributed by atoms with van der Waals surface area (Å²) in [6.45, 7) is 5.47. The Balaban J connectivity index is 1.89. The van der Waals surface area contributed by atoms with Gasteiger partial charge in [-0.2, -0.15) is 0 Å². The van der Waals surface area contributed by atoms with Crippen LogP contribution in [0.5, 0.6) is 0 Å². The Kier molecular flexibility index (Phi) is 6.85. The van der Waals surface area contributed by atoms with E-state index in [0.717, 1.165) is 0 Å². The van der Waals surface area contributed by atoms with Crippen LogP contribution in [-0.4, -0.2) is 52.4 Å². The van der Waals surface area contributed by atoms with Crippen LogP contribution in [-0.2, 0) is 6.42 Å². The Labute approximate surface area is 155 Å². The zero-order valence-corrected chi connectivity index (χ0v) is 15.5. The van der Waals surface area contributed by atoms with E-state index in [9.17, 15) is 14.4 Å². The maximum atomic E-state index is 12.2. The van der Waals surface area contributed by atoms with Crippen molar-refractivity contribution in [3.8, 4) is 0 Å². The lowest BCUT2D eigenvalue weighted by Gasteiger charge is -2.18. The average Bonchev–Trinajstić information content (AvgIpc) is 3.12. The summed E-state index contributed by atoms with van der Waals surface area (Å²) in [5.41, 5.74) is 1.03. The van der Waals surface area contributed by atoms with Crippen LogP contribution in [0.15, 0.2) is 29.6 Å². The van der Waals surface area contributed by atoms with Crippen LogP contribution >= 0.6 is 11.3 Å². The molecule has 0 saturated heterocycles. The van der Waals surface area contributed by atoms with E-state index in [1.54, 1.807) is 29.2 Å². The number of nitrogens with one attached hydrogen (secondary N) is 1. The minimum Gasteiger partial charge on any atom is -0.476 e. The summed E-state index contributed by atoms with van der Waals surface area (Å²) in [7, 11) is 0. The Morgan fingerprint density at radius 3 is 2.27 bits per heavy atom. The molecular weight excluding hydrogens is 354 g/mol. The summed E-state index contributed by atoms with van der Waals surface area (Å²) in [4.78, 5) is 40.9. The molecule has 0 bridgehead atoms. The van der Waals surface area contributed by atoms with Gasteiger partial charge in [-0.3, -0.25) is 9.59 Å². The van der Waals surface area contributed by atoms with Gasteiger partial charge in [0.15, 0.2) is 5.69 Å². The topological polar surface area (TPSA) is 99.6 Å². The van der Waals surface area contributed by atoms with Gasteiger partial charge in [0.2, 0.25) is 0 Å². The average molecular weight is 375 g/mol. The highest BCUT2D eigenvalue weighted by Gasteiger charge is 2.13. The number of benzene rings is 1. The molecule has 0 unspecified atom stereocenters. The largest absolute Gasteiger partial charge is 0.476 e. The molecule has 138 valence electrons. The molecule has 2 rings (SSSR count). The van der Waals surface area contributed by atoms with Crippen LogP contribution in [0.4, 0.5) is 0 Å². The second-order valence-electron chi connectivity index (χ2n) is 5.49. The maximum absolute atomic E-state index is 12.2. The first-order chi connectivity index (χ1) is 12.5. The fourth-order valence-electron chi connectivity index (χ4n) is 2.37. The number of carboxylic acid groups (broad SMARTS) is 1. The van der Waals surface area contributed by atoms with Crippen molar-refractivity contribution >= 4 is 29.1 Å². The SMILES string of the molecule is CCN(CC)C(=O)c1ccc(C(=O)NCCc2nc(C(=O)O)cs2)cc1. The van der Waals surface area contributed by atoms with E-state index >= 15 is 0 Å². The molecule has 2 amide bonds. The fourth-order valence-corrected chi connectivity index (χ4v) is 3.14. The van der Waals surface area contributed by atoms with Gasteiger partial charge >= 0.3 is 5.97 Å². The van der Waals surface area contributed by atoms with Gasteiger partial charge in [0.1, 0.15) is 0 Å². The molecule has 0 spiro atoms. The normalized spacial score (nSPS) is 10.4. The fraction of sp³-hybridized carbons (Fsp3) is 0.333. The summed E-state index contributed by atoms with van der Waals surface area (Å²) in [6.07, 6.45) is 0.461. The van der Waals surface area contributed by atoms with E-state index in [2.05, 4.69) is 10.3 Å². The smallest absolute Gasteiger partial charge is 0.355 e. The minimum absolute atomic E-state index is 0.0183. The molecule has 1 aromatic carbocycles. The highest BCUT2D eigenvalue weighted by Crippen LogP contribution is 2.11. The Hall–Kier alpha value is -2.74. The van der Waals surface area contributed by atoms with Crippen LogP contribution in [0.2, 0.25) is 0 Å².